The van der Waals surface area contributed by atoms with Crippen LogP contribution >= 0.6 is 0 Å². The average molecular weight is 346 g/mol. The number of carbonyl (C=O) groups excluding carboxylic acids is 4. The number of carbonyl (C=O) groups is 4. The standard InChI is InChI=1S/C14H22N2O8/c1-7(17)15-16-11-5-22-12(6-21-8(2)18)14(24-10(4)20)13(11)23-9(3)19/h11-14,16H,5-6H2,1-4H3,(H,15,17). The number of rotatable bonds is 6. The highest BCUT2D eigenvalue weighted by molar-refractivity contribution is 5.72. The maximum absolute atomic E-state index is 11.4. The topological polar surface area (TPSA) is 129 Å². The van der Waals surface area contributed by atoms with E-state index >= 15 is 0 Å². The van der Waals surface area contributed by atoms with Gasteiger partial charge >= 0.3 is 17.9 Å². The highest BCUT2D eigenvalue weighted by atomic mass is 16.6. The van der Waals surface area contributed by atoms with Gasteiger partial charge in [0.2, 0.25) is 5.91 Å². The first kappa shape index (κ1) is 19.8. The van der Waals surface area contributed by atoms with Gasteiger partial charge in [-0.2, -0.15) is 0 Å². The van der Waals surface area contributed by atoms with Crippen molar-refractivity contribution >= 4 is 23.8 Å². The molecule has 1 aliphatic heterocycles. The molecule has 1 aliphatic rings. The Balaban J connectivity index is 2.95. The van der Waals surface area contributed by atoms with E-state index in [1.54, 1.807) is 0 Å². The monoisotopic (exact) mass is 346 g/mol. The lowest BCUT2D eigenvalue weighted by Gasteiger charge is -2.41. The summed E-state index contributed by atoms with van der Waals surface area (Å²) in [4.78, 5) is 44.8. The zero-order valence-electron chi connectivity index (χ0n) is 14.0. The van der Waals surface area contributed by atoms with E-state index in [0.717, 1.165) is 0 Å². The van der Waals surface area contributed by atoms with Crippen LogP contribution in [-0.4, -0.2) is 61.4 Å². The fraction of sp³-hybridized carbons (Fsp3) is 0.714. The van der Waals surface area contributed by atoms with Crippen molar-refractivity contribution in [1.82, 2.24) is 10.9 Å². The molecule has 0 spiro atoms. The van der Waals surface area contributed by atoms with Gasteiger partial charge in [0.25, 0.3) is 0 Å². The first-order valence-electron chi connectivity index (χ1n) is 7.32. The largest absolute Gasteiger partial charge is 0.463 e. The smallest absolute Gasteiger partial charge is 0.303 e. The van der Waals surface area contributed by atoms with Gasteiger partial charge in [-0.05, 0) is 0 Å². The van der Waals surface area contributed by atoms with Crippen LogP contribution in [-0.2, 0) is 38.1 Å². The lowest BCUT2D eigenvalue weighted by Crippen LogP contribution is -2.64. The van der Waals surface area contributed by atoms with Gasteiger partial charge in [0, 0.05) is 27.7 Å². The van der Waals surface area contributed by atoms with Crippen molar-refractivity contribution in [1.29, 1.82) is 0 Å². The second-order valence-corrected chi connectivity index (χ2v) is 5.25. The number of hydrogen-bond acceptors (Lipinski definition) is 9. The first-order valence-corrected chi connectivity index (χ1v) is 7.32. The Morgan fingerprint density at radius 3 is 2.04 bits per heavy atom. The summed E-state index contributed by atoms with van der Waals surface area (Å²) in [6, 6.07) is -0.657. The normalized spacial score (nSPS) is 26.2. The number of amides is 1. The predicted octanol–water partition coefficient (Wildman–Crippen LogP) is -1.18. The minimum Gasteiger partial charge on any atom is -0.463 e. The summed E-state index contributed by atoms with van der Waals surface area (Å²) >= 11 is 0. The van der Waals surface area contributed by atoms with Crippen LogP contribution in [0, 0.1) is 0 Å². The van der Waals surface area contributed by atoms with Crippen LogP contribution in [0.2, 0.25) is 0 Å². The molecule has 10 heteroatoms. The van der Waals surface area contributed by atoms with Crippen LogP contribution in [0.15, 0.2) is 0 Å². The molecule has 4 unspecified atom stereocenters. The third-order valence-corrected chi connectivity index (χ3v) is 3.07. The molecule has 1 fully saturated rings. The van der Waals surface area contributed by atoms with Crippen LogP contribution in [0.3, 0.4) is 0 Å². The lowest BCUT2D eigenvalue weighted by atomic mass is 9.98. The molecule has 0 aromatic carbocycles. The molecule has 10 nitrogen and oxygen atoms in total. The summed E-state index contributed by atoms with van der Waals surface area (Å²) in [6.45, 7) is 4.79. The molecule has 0 aliphatic carbocycles. The Kier molecular flexibility index (Phi) is 7.59. The summed E-state index contributed by atoms with van der Waals surface area (Å²) in [5.41, 5.74) is 5.04. The van der Waals surface area contributed by atoms with Crippen molar-refractivity contribution in [3.05, 3.63) is 0 Å². The summed E-state index contributed by atoms with van der Waals surface area (Å²) in [5, 5.41) is 0. The Hall–Kier alpha value is -2.20. The summed E-state index contributed by atoms with van der Waals surface area (Å²) in [5.74, 6) is -2.10. The Labute approximate surface area is 139 Å². The molecule has 136 valence electrons. The molecule has 1 rings (SSSR count). The van der Waals surface area contributed by atoms with E-state index in [1.165, 1.54) is 27.7 Å². The summed E-state index contributed by atoms with van der Waals surface area (Å²) in [6.07, 6.45) is -2.75. The van der Waals surface area contributed by atoms with Gasteiger partial charge in [0.05, 0.1) is 12.6 Å². The van der Waals surface area contributed by atoms with E-state index in [1.807, 2.05) is 0 Å². The van der Waals surface area contributed by atoms with E-state index in [4.69, 9.17) is 18.9 Å². The first-order chi connectivity index (χ1) is 11.2. The number of hydrogen-bond donors (Lipinski definition) is 2. The van der Waals surface area contributed by atoms with Crippen molar-refractivity contribution in [2.24, 2.45) is 0 Å². The van der Waals surface area contributed by atoms with E-state index in [9.17, 15) is 19.2 Å². The van der Waals surface area contributed by atoms with Gasteiger partial charge < -0.3 is 18.9 Å². The fourth-order valence-corrected chi connectivity index (χ4v) is 2.19. The number of hydrazine groups is 1. The molecule has 24 heavy (non-hydrogen) atoms. The third-order valence-electron chi connectivity index (χ3n) is 3.07. The SMILES string of the molecule is CC(=O)NNC1COC(COC(C)=O)C(OC(C)=O)C1OC(C)=O. The van der Waals surface area contributed by atoms with Crippen molar-refractivity contribution in [2.45, 2.75) is 52.0 Å². The van der Waals surface area contributed by atoms with E-state index in [-0.39, 0.29) is 19.1 Å². The summed E-state index contributed by atoms with van der Waals surface area (Å²) < 4.78 is 20.9. The van der Waals surface area contributed by atoms with Crippen LogP contribution in [0.5, 0.6) is 0 Å². The second kappa shape index (κ2) is 9.18. The van der Waals surface area contributed by atoms with Crippen LogP contribution in [0.1, 0.15) is 27.7 Å². The minimum atomic E-state index is -1.01. The second-order valence-electron chi connectivity index (χ2n) is 5.25. The lowest BCUT2D eigenvalue weighted by molar-refractivity contribution is -0.208. The molecule has 0 bridgehead atoms. The molecule has 0 aromatic heterocycles. The van der Waals surface area contributed by atoms with E-state index in [0.29, 0.717) is 0 Å². The maximum atomic E-state index is 11.4. The highest BCUT2D eigenvalue weighted by Gasteiger charge is 2.45. The fourth-order valence-electron chi connectivity index (χ4n) is 2.19. The quantitative estimate of drug-likeness (QED) is 0.347. The Morgan fingerprint density at radius 2 is 1.54 bits per heavy atom. The van der Waals surface area contributed by atoms with Crippen LogP contribution in [0.4, 0.5) is 0 Å². The Morgan fingerprint density at radius 1 is 0.958 bits per heavy atom. The third kappa shape index (κ3) is 6.50. The van der Waals surface area contributed by atoms with Crippen LogP contribution < -0.4 is 10.9 Å². The molecule has 1 heterocycles. The van der Waals surface area contributed by atoms with Crippen molar-refractivity contribution in [2.75, 3.05) is 13.2 Å². The molecular formula is C14H22N2O8. The van der Waals surface area contributed by atoms with Gasteiger partial charge in [0.15, 0.2) is 12.2 Å². The molecule has 1 saturated heterocycles. The van der Waals surface area contributed by atoms with Gasteiger partial charge in [-0.3, -0.25) is 24.6 Å². The highest BCUT2D eigenvalue weighted by Crippen LogP contribution is 2.22. The van der Waals surface area contributed by atoms with Gasteiger partial charge in [0.1, 0.15) is 12.7 Å². The van der Waals surface area contributed by atoms with E-state index in [2.05, 4.69) is 10.9 Å². The van der Waals surface area contributed by atoms with E-state index < -0.39 is 42.3 Å². The molecule has 1 amide bonds. The average Bonchev–Trinajstić information content (AvgIpc) is 2.45. The van der Waals surface area contributed by atoms with Gasteiger partial charge in [-0.25, -0.2) is 5.43 Å². The molecule has 2 N–H and O–H groups in total. The van der Waals surface area contributed by atoms with Crippen molar-refractivity contribution in [3.63, 3.8) is 0 Å². The van der Waals surface area contributed by atoms with Crippen molar-refractivity contribution in [3.8, 4) is 0 Å². The molecule has 0 radical (unpaired) electrons. The summed E-state index contributed by atoms with van der Waals surface area (Å²) in [7, 11) is 0. The zero-order chi connectivity index (χ0) is 18.3. The predicted molar refractivity (Wildman–Crippen MR) is 78.2 cm³/mol. The van der Waals surface area contributed by atoms with Gasteiger partial charge in [-0.15, -0.1) is 0 Å². The molecule has 0 aromatic rings. The molecule has 0 saturated carbocycles. The molecule has 4 atom stereocenters. The Bertz CT molecular complexity index is 451. The molecular weight excluding hydrogens is 324 g/mol. The number of esters is 3. The number of ether oxygens (including phenoxy) is 4. The van der Waals surface area contributed by atoms with Gasteiger partial charge in [-0.1, -0.05) is 0 Å². The number of nitrogens with one attached hydrogen (secondary N) is 2. The zero-order valence-corrected chi connectivity index (χ0v) is 14.0. The minimum absolute atomic E-state index is 0.0297. The van der Waals surface area contributed by atoms with Crippen LogP contribution in [0.25, 0.3) is 0 Å². The van der Waals surface area contributed by atoms with Crippen molar-refractivity contribution < 1.29 is 38.1 Å². The maximum Gasteiger partial charge on any atom is 0.303 e.